The molecule has 0 saturated carbocycles. The van der Waals surface area contributed by atoms with E-state index in [9.17, 15) is 0 Å². The second-order valence-electron chi connectivity index (χ2n) is 5.85. The number of nitrogens with zero attached hydrogens (tertiary/aromatic N) is 2. The molecule has 4 nitrogen and oxygen atoms in total. The highest BCUT2D eigenvalue weighted by Crippen LogP contribution is 2.18. The summed E-state index contributed by atoms with van der Waals surface area (Å²) < 4.78 is 1.10. The summed E-state index contributed by atoms with van der Waals surface area (Å²) in [5.41, 5.74) is 2.50. The van der Waals surface area contributed by atoms with Crippen LogP contribution in [0.5, 0.6) is 0 Å². The van der Waals surface area contributed by atoms with Crippen LogP contribution in [-0.2, 0) is 6.42 Å². The Labute approximate surface area is 156 Å². The third-order valence-corrected chi connectivity index (χ3v) is 4.40. The maximum atomic E-state index is 4.54. The number of hydrogen-bond donors (Lipinski definition) is 2. The number of rotatable bonds is 7. The molecule has 0 aliphatic rings. The Balaban J connectivity index is 1.56. The monoisotopic (exact) mass is 396 g/mol. The van der Waals surface area contributed by atoms with Gasteiger partial charge in [0, 0.05) is 23.3 Å². The van der Waals surface area contributed by atoms with Gasteiger partial charge in [-0.2, -0.15) is 4.98 Å². The Hall–Kier alpha value is -2.40. The van der Waals surface area contributed by atoms with Crippen LogP contribution < -0.4 is 10.6 Å². The van der Waals surface area contributed by atoms with E-state index >= 15 is 0 Å². The fourth-order valence-corrected chi connectivity index (χ4v) is 3.03. The zero-order chi connectivity index (χ0) is 17.5. The van der Waals surface area contributed by atoms with Crippen molar-refractivity contribution < 1.29 is 0 Å². The lowest BCUT2D eigenvalue weighted by Crippen LogP contribution is -2.11. The predicted molar refractivity (Wildman–Crippen MR) is 107 cm³/mol. The molecule has 25 heavy (non-hydrogen) atoms. The van der Waals surface area contributed by atoms with Crippen molar-refractivity contribution in [2.24, 2.45) is 0 Å². The first-order valence-corrected chi connectivity index (χ1v) is 9.13. The quantitative estimate of drug-likeness (QED) is 0.585. The van der Waals surface area contributed by atoms with Crippen LogP contribution in [0.2, 0.25) is 0 Å². The number of hydrogen-bond acceptors (Lipinski definition) is 4. The molecule has 1 aromatic heterocycles. The lowest BCUT2D eigenvalue weighted by atomic mass is 10.1. The molecule has 0 bridgehead atoms. The van der Waals surface area contributed by atoms with Crippen LogP contribution in [0, 0.1) is 0 Å². The van der Waals surface area contributed by atoms with Gasteiger partial charge >= 0.3 is 0 Å². The van der Waals surface area contributed by atoms with Gasteiger partial charge in [-0.25, -0.2) is 4.98 Å². The fourth-order valence-electron chi connectivity index (χ4n) is 2.58. The van der Waals surface area contributed by atoms with E-state index in [4.69, 9.17) is 0 Å². The molecule has 1 heterocycles. The summed E-state index contributed by atoms with van der Waals surface area (Å²) in [4.78, 5) is 8.84. The second-order valence-corrected chi connectivity index (χ2v) is 6.76. The van der Waals surface area contributed by atoms with E-state index in [0.29, 0.717) is 5.95 Å². The van der Waals surface area contributed by atoms with Crippen LogP contribution in [-0.4, -0.2) is 16.5 Å². The minimum Gasteiger partial charge on any atom is -0.363 e. The molecule has 5 heteroatoms. The number of benzene rings is 2. The molecule has 0 spiro atoms. The second kappa shape index (κ2) is 8.62. The van der Waals surface area contributed by atoms with E-state index in [-0.39, 0.29) is 6.04 Å². The third kappa shape index (κ3) is 5.29. The number of aromatic nitrogens is 2. The van der Waals surface area contributed by atoms with E-state index < -0.39 is 0 Å². The minimum absolute atomic E-state index is 0.186. The summed E-state index contributed by atoms with van der Waals surface area (Å²) in [7, 11) is 0. The van der Waals surface area contributed by atoms with Crippen molar-refractivity contribution in [3.63, 3.8) is 0 Å². The minimum atomic E-state index is 0.186. The van der Waals surface area contributed by atoms with Gasteiger partial charge in [-0.1, -0.05) is 58.4 Å². The first-order valence-electron chi connectivity index (χ1n) is 8.33. The Morgan fingerprint density at radius 2 is 1.88 bits per heavy atom. The molecule has 1 unspecified atom stereocenters. The molecule has 0 aliphatic heterocycles. The van der Waals surface area contributed by atoms with Crippen LogP contribution in [0.15, 0.2) is 71.3 Å². The van der Waals surface area contributed by atoms with Gasteiger partial charge in [0.05, 0.1) is 0 Å². The van der Waals surface area contributed by atoms with Gasteiger partial charge in [0.1, 0.15) is 5.82 Å². The smallest absolute Gasteiger partial charge is 0.224 e. The molecule has 0 aliphatic carbocycles. The zero-order valence-corrected chi connectivity index (χ0v) is 15.7. The normalized spacial score (nSPS) is 11.8. The summed E-state index contributed by atoms with van der Waals surface area (Å²) in [6.45, 7) is 2.91. The molecule has 0 amide bonds. The number of halogens is 1. The van der Waals surface area contributed by atoms with Gasteiger partial charge in [-0.05, 0) is 42.7 Å². The summed E-state index contributed by atoms with van der Waals surface area (Å²) in [6.07, 6.45) is 2.69. The lowest BCUT2D eigenvalue weighted by molar-refractivity contribution is 0.870. The summed E-state index contributed by atoms with van der Waals surface area (Å²) in [5, 5.41) is 6.71. The lowest BCUT2D eigenvalue weighted by Gasteiger charge is -2.15. The molecule has 1 atom stereocenters. The van der Waals surface area contributed by atoms with E-state index in [1.807, 2.05) is 36.4 Å². The summed E-state index contributed by atoms with van der Waals surface area (Å²) in [5.74, 6) is 1.46. The Morgan fingerprint density at radius 3 is 2.68 bits per heavy atom. The number of anilines is 2. The molecule has 0 fully saturated rings. The Morgan fingerprint density at radius 1 is 1.04 bits per heavy atom. The Kier molecular flexibility index (Phi) is 6.01. The summed E-state index contributed by atoms with van der Waals surface area (Å²) in [6, 6.07) is 20.7. The van der Waals surface area contributed by atoms with Crippen LogP contribution in [0.25, 0.3) is 0 Å². The highest BCUT2D eigenvalue weighted by Gasteiger charge is 2.06. The van der Waals surface area contributed by atoms with Crippen molar-refractivity contribution in [1.29, 1.82) is 0 Å². The molecular weight excluding hydrogens is 376 g/mol. The van der Waals surface area contributed by atoms with Crippen molar-refractivity contribution in [2.45, 2.75) is 19.4 Å². The first-order chi connectivity index (χ1) is 12.2. The van der Waals surface area contributed by atoms with E-state index in [1.165, 1.54) is 11.1 Å². The largest absolute Gasteiger partial charge is 0.363 e. The molecule has 0 radical (unpaired) electrons. The molecule has 2 N–H and O–H groups in total. The van der Waals surface area contributed by atoms with Gasteiger partial charge in [0.2, 0.25) is 5.95 Å². The van der Waals surface area contributed by atoms with Crippen molar-refractivity contribution in [2.75, 3.05) is 17.2 Å². The Bertz CT molecular complexity index is 808. The molecule has 2 aromatic carbocycles. The highest BCUT2D eigenvalue weighted by atomic mass is 79.9. The topological polar surface area (TPSA) is 49.8 Å². The van der Waals surface area contributed by atoms with E-state index in [2.05, 4.69) is 67.7 Å². The van der Waals surface area contributed by atoms with Crippen molar-refractivity contribution in [1.82, 2.24) is 9.97 Å². The van der Waals surface area contributed by atoms with Crippen molar-refractivity contribution in [3.05, 3.63) is 82.5 Å². The SMILES string of the molecule is CC(Nc1ccnc(NCCc2cccc(Br)c2)n1)c1ccccc1. The predicted octanol–water partition coefficient (Wildman–Crippen LogP) is 5.07. The average molecular weight is 397 g/mol. The van der Waals surface area contributed by atoms with Gasteiger partial charge < -0.3 is 10.6 Å². The number of nitrogens with one attached hydrogen (secondary N) is 2. The fraction of sp³-hybridized carbons (Fsp3) is 0.200. The average Bonchev–Trinajstić information content (AvgIpc) is 2.63. The summed E-state index contributed by atoms with van der Waals surface area (Å²) >= 11 is 3.50. The van der Waals surface area contributed by atoms with Crippen LogP contribution in [0.3, 0.4) is 0 Å². The maximum absolute atomic E-state index is 4.54. The van der Waals surface area contributed by atoms with Crippen LogP contribution in [0.1, 0.15) is 24.1 Å². The highest BCUT2D eigenvalue weighted by molar-refractivity contribution is 9.10. The molecule has 3 rings (SSSR count). The molecule has 3 aromatic rings. The molecular formula is C20H21BrN4. The van der Waals surface area contributed by atoms with Crippen LogP contribution >= 0.6 is 15.9 Å². The van der Waals surface area contributed by atoms with E-state index in [1.54, 1.807) is 6.20 Å². The zero-order valence-electron chi connectivity index (χ0n) is 14.1. The maximum Gasteiger partial charge on any atom is 0.224 e. The standard InChI is InChI=1S/C20H21BrN4/c1-15(17-7-3-2-4-8-17)24-19-11-13-23-20(25-19)22-12-10-16-6-5-9-18(21)14-16/h2-9,11,13-15H,10,12H2,1H3,(H2,22,23,24,25). The van der Waals surface area contributed by atoms with Crippen molar-refractivity contribution >= 4 is 27.7 Å². The molecule has 0 saturated heterocycles. The van der Waals surface area contributed by atoms with Gasteiger partial charge in [-0.15, -0.1) is 0 Å². The van der Waals surface area contributed by atoms with Gasteiger partial charge in [0.15, 0.2) is 0 Å². The van der Waals surface area contributed by atoms with Gasteiger partial charge in [0.25, 0.3) is 0 Å². The first kappa shape index (κ1) is 17.4. The van der Waals surface area contributed by atoms with Crippen LogP contribution in [0.4, 0.5) is 11.8 Å². The third-order valence-electron chi connectivity index (χ3n) is 3.91. The van der Waals surface area contributed by atoms with Gasteiger partial charge in [-0.3, -0.25) is 0 Å². The van der Waals surface area contributed by atoms with Crippen molar-refractivity contribution in [3.8, 4) is 0 Å². The molecule has 128 valence electrons. The van der Waals surface area contributed by atoms with E-state index in [0.717, 1.165) is 23.3 Å².